The molecule has 1 heterocycles. The molecule has 8 heteroatoms. The molecule has 1 aromatic heterocycles. The Bertz CT molecular complexity index is 846. The van der Waals surface area contributed by atoms with Gasteiger partial charge in [-0.25, -0.2) is 4.68 Å². The second-order valence-corrected chi connectivity index (χ2v) is 5.27. The highest BCUT2D eigenvalue weighted by atomic mass is 35.5. The molecular weight excluding hydrogens is 327 g/mol. The van der Waals surface area contributed by atoms with Gasteiger partial charge in [0.1, 0.15) is 0 Å². The molecule has 0 spiro atoms. The minimum Gasteiger partial charge on any atom is -0.258 e. The largest absolute Gasteiger partial charge is 0.269 e. The van der Waals surface area contributed by atoms with E-state index in [1.54, 1.807) is 36.5 Å². The van der Waals surface area contributed by atoms with Crippen LogP contribution < -0.4 is 0 Å². The number of nitrogens with zero attached hydrogens (tertiary/aromatic N) is 4. The predicted octanol–water partition coefficient (Wildman–Crippen LogP) is 4.15. The topological polar surface area (TPSA) is 73.8 Å². The van der Waals surface area contributed by atoms with E-state index in [4.69, 9.17) is 23.2 Å². The standard InChI is InChI=1S/C14H8Cl2N4O2/c15-10-3-6-12(16)13(7-10)19-14(8-17-18-19)9-1-4-11(5-2-9)20(21)22/h1-8H. The Hall–Kier alpha value is -2.44. The first-order chi connectivity index (χ1) is 10.6. The quantitative estimate of drug-likeness (QED) is 0.532. The molecule has 2 aromatic carbocycles. The lowest BCUT2D eigenvalue weighted by molar-refractivity contribution is -0.384. The Kier molecular flexibility index (Phi) is 3.79. The summed E-state index contributed by atoms with van der Waals surface area (Å²) in [7, 11) is 0. The summed E-state index contributed by atoms with van der Waals surface area (Å²) in [5.74, 6) is 0. The van der Waals surface area contributed by atoms with Crippen LogP contribution in [-0.4, -0.2) is 19.9 Å². The number of nitro benzene ring substituents is 1. The molecule has 3 rings (SSSR count). The maximum atomic E-state index is 10.7. The van der Waals surface area contributed by atoms with E-state index in [0.717, 1.165) is 5.56 Å². The van der Waals surface area contributed by atoms with Gasteiger partial charge < -0.3 is 0 Å². The summed E-state index contributed by atoms with van der Waals surface area (Å²) in [5.41, 5.74) is 1.98. The maximum Gasteiger partial charge on any atom is 0.269 e. The lowest BCUT2D eigenvalue weighted by Gasteiger charge is -2.08. The van der Waals surface area contributed by atoms with Crippen molar-refractivity contribution in [3.63, 3.8) is 0 Å². The Labute approximate surface area is 135 Å². The minimum absolute atomic E-state index is 0.0172. The first kappa shape index (κ1) is 14.5. The number of nitro groups is 1. The van der Waals surface area contributed by atoms with Crippen LogP contribution in [0.5, 0.6) is 0 Å². The van der Waals surface area contributed by atoms with Gasteiger partial charge in [0.15, 0.2) is 0 Å². The summed E-state index contributed by atoms with van der Waals surface area (Å²) in [6.07, 6.45) is 1.55. The first-order valence-corrected chi connectivity index (χ1v) is 6.93. The van der Waals surface area contributed by atoms with Crippen molar-refractivity contribution in [2.75, 3.05) is 0 Å². The smallest absolute Gasteiger partial charge is 0.258 e. The molecule has 0 fully saturated rings. The zero-order valence-corrected chi connectivity index (χ0v) is 12.5. The number of rotatable bonds is 3. The summed E-state index contributed by atoms with van der Waals surface area (Å²) in [5, 5.41) is 19.6. The third-order valence-corrected chi connectivity index (χ3v) is 3.61. The van der Waals surface area contributed by atoms with Gasteiger partial charge in [-0.15, -0.1) is 5.10 Å². The van der Waals surface area contributed by atoms with Gasteiger partial charge in [-0.05, 0) is 30.3 Å². The minimum atomic E-state index is -0.451. The van der Waals surface area contributed by atoms with Crippen LogP contribution in [0.2, 0.25) is 10.0 Å². The lowest BCUT2D eigenvalue weighted by atomic mass is 10.1. The fourth-order valence-electron chi connectivity index (χ4n) is 2.01. The van der Waals surface area contributed by atoms with E-state index in [0.29, 0.717) is 21.4 Å². The van der Waals surface area contributed by atoms with Gasteiger partial charge in [-0.3, -0.25) is 10.1 Å². The SMILES string of the molecule is O=[N+]([O-])c1ccc(-c2cnnn2-c2cc(Cl)ccc2Cl)cc1. The molecule has 0 unspecified atom stereocenters. The van der Waals surface area contributed by atoms with Crippen LogP contribution in [0.3, 0.4) is 0 Å². The highest BCUT2D eigenvalue weighted by Crippen LogP contribution is 2.29. The van der Waals surface area contributed by atoms with Crippen LogP contribution in [0.4, 0.5) is 5.69 Å². The van der Waals surface area contributed by atoms with Crippen molar-refractivity contribution in [3.8, 4) is 16.9 Å². The molecule has 0 bridgehead atoms. The third-order valence-electron chi connectivity index (χ3n) is 3.06. The summed E-state index contributed by atoms with van der Waals surface area (Å²) >= 11 is 12.2. The van der Waals surface area contributed by atoms with Gasteiger partial charge in [-0.2, -0.15) is 0 Å². The van der Waals surface area contributed by atoms with Gasteiger partial charge >= 0.3 is 0 Å². The molecule has 6 nitrogen and oxygen atoms in total. The molecule has 0 atom stereocenters. The number of hydrogen-bond acceptors (Lipinski definition) is 4. The molecule has 0 aliphatic carbocycles. The number of halogens is 2. The molecule has 3 aromatic rings. The molecule has 0 saturated heterocycles. The maximum absolute atomic E-state index is 10.7. The lowest BCUT2D eigenvalue weighted by Crippen LogP contribution is -2.00. The normalized spacial score (nSPS) is 10.6. The highest BCUT2D eigenvalue weighted by Gasteiger charge is 2.13. The molecule has 0 N–H and O–H groups in total. The third kappa shape index (κ3) is 2.66. The second-order valence-electron chi connectivity index (χ2n) is 4.43. The van der Waals surface area contributed by atoms with Crippen molar-refractivity contribution in [2.24, 2.45) is 0 Å². The Balaban J connectivity index is 2.09. The number of non-ortho nitro benzene ring substituents is 1. The first-order valence-electron chi connectivity index (χ1n) is 6.17. The molecule has 0 saturated carbocycles. The van der Waals surface area contributed by atoms with E-state index < -0.39 is 4.92 Å². The van der Waals surface area contributed by atoms with Crippen LogP contribution in [0.1, 0.15) is 0 Å². The summed E-state index contributed by atoms with van der Waals surface area (Å²) < 4.78 is 1.54. The van der Waals surface area contributed by atoms with E-state index in [2.05, 4.69) is 10.3 Å². The fraction of sp³-hybridized carbons (Fsp3) is 0. The fourth-order valence-corrected chi connectivity index (χ4v) is 2.38. The summed E-state index contributed by atoms with van der Waals surface area (Å²) in [6, 6.07) is 11.1. The van der Waals surface area contributed by atoms with Gasteiger partial charge in [0, 0.05) is 22.7 Å². The Morgan fingerprint density at radius 3 is 2.50 bits per heavy atom. The Morgan fingerprint density at radius 2 is 1.82 bits per heavy atom. The van der Waals surface area contributed by atoms with Crippen molar-refractivity contribution >= 4 is 28.9 Å². The Morgan fingerprint density at radius 1 is 1.09 bits per heavy atom. The molecule has 0 aliphatic heterocycles. The van der Waals surface area contributed by atoms with Gasteiger partial charge in [0.05, 0.1) is 27.5 Å². The van der Waals surface area contributed by atoms with E-state index >= 15 is 0 Å². The van der Waals surface area contributed by atoms with Crippen LogP contribution in [0, 0.1) is 10.1 Å². The van der Waals surface area contributed by atoms with Crippen molar-refractivity contribution in [3.05, 3.63) is 68.8 Å². The van der Waals surface area contributed by atoms with Gasteiger partial charge in [-0.1, -0.05) is 28.4 Å². The van der Waals surface area contributed by atoms with Crippen molar-refractivity contribution in [1.82, 2.24) is 15.0 Å². The molecule has 22 heavy (non-hydrogen) atoms. The molecule has 0 radical (unpaired) electrons. The molecule has 0 aliphatic rings. The second kappa shape index (κ2) is 5.75. The number of aromatic nitrogens is 3. The van der Waals surface area contributed by atoms with Crippen LogP contribution in [-0.2, 0) is 0 Å². The van der Waals surface area contributed by atoms with E-state index in [9.17, 15) is 10.1 Å². The zero-order chi connectivity index (χ0) is 15.7. The van der Waals surface area contributed by atoms with Crippen LogP contribution >= 0.6 is 23.2 Å². The average Bonchev–Trinajstić information content (AvgIpc) is 2.99. The van der Waals surface area contributed by atoms with Crippen molar-refractivity contribution < 1.29 is 4.92 Å². The van der Waals surface area contributed by atoms with Crippen molar-refractivity contribution in [2.45, 2.75) is 0 Å². The average molecular weight is 335 g/mol. The highest BCUT2D eigenvalue weighted by molar-refractivity contribution is 6.34. The summed E-state index contributed by atoms with van der Waals surface area (Å²) in [6.45, 7) is 0. The van der Waals surface area contributed by atoms with E-state index in [1.165, 1.54) is 16.8 Å². The molecule has 0 amide bonds. The summed E-state index contributed by atoms with van der Waals surface area (Å²) in [4.78, 5) is 10.3. The van der Waals surface area contributed by atoms with E-state index in [-0.39, 0.29) is 5.69 Å². The van der Waals surface area contributed by atoms with Gasteiger partial charge in [0.2, 0.25) is 0 Å². The van der Waals surface area contributed by atoms with E-state index in [1.807, 2.05) is 0 Å². The van der Waals surface area contributed by atoms with Crippen LogP contribution in [0.25, 0.3) is 16.9 Å². The van der Waals surface area contributed by atoms with Crippen LogP contribution in [0.15, 0.2) is 48.7 Å². The van der Waals surface area contributed by atoms with Gasteiger partial charge in [0.25, 0.3) is 5.69 Å². The zero-order valence-electron chi connectivity index (χ0n) is 11.0. The molecule has 110 valence electrons. The monoisotopic (exact) mass is 334 g/mol. The number of benzene rings is 2. The molecular formula is C14H8Cl2N4O2. The van der Waals surface area contributed by atoms with Crippen molar-refractivity contribution in [1.29, 1.82) is 0 Å². The number of hydrogen-bond donors (Lipinski definition) is 0. The predicted molar refractivity (Wildman–Crippen MR) is 83.5 cm³/mol.